The Morgan fingerprint density at radius 2 is 1.83 bits per heavy atom. The van der Waals surface area contributed by atoms with E-state index in [-0.39, 0.29) is 0 Å². The molecular weight excluding hydrogens is 356 g/mol. The first-order chi connectivity index (χ1) is 11.3. The SMILES string of the molecule is CCCOc1ccc2c(OC)c(OCCCCCBr)ccc2c1. The lowest BCUT2D eigenvalue weighted by Crippen LogP contribution is -2.00. The van der Waals surface area contributed by atoms with E-state index in [2.05, 4.69) is 28.9 Å². The molecule has 0 spiro atoms. The third-order valence-corrected chi connectivity index (χ3v) is 4.18. The Bertz CT molecular complexity index is 613. The van der Waals surface area contributed by atoms with Crippen LogP contribution in [0, 0.1) is 0 Å². The fourth-order valence-electron chi connectivity index (χ4n) is 2.45. The van der Waals surface area contributed by atoms with Crippen LogP contribution in [0.3, 0.4) is 0 Å². The van der Waals surface area contributed by atoms with E-state index in [0.29, 0.717) is 6.61 Å². The van der Waals surface area contributed by atoms with Gasteiger partial charge in [0.1, 0.15) is 5.75 Å². The molecule has 23 heavy (non-hydrogen) atoms. The first-order valence-electron chi connectivity index (χ1n) is 8.22. The Morgan fingerprint density at radius 1 is 0.957 bits per heavy atom. The van der Waals surface area contributed by atoms with Crippen LogP contribution in [0.25, 0.3) is 10.8 Å². The zero-order valence-corrected chi connectivity index (χ0v) is 15.5. The van der Waals surface area contributed by atoms with Crippen LogP contribution in [-0.4, -0.2) is 25.7 Å². The molecule has 0 radical (unpaired) electrons. The minimum Gasteiger partial charge on any atom is -0.494 e. The fourth-order valence-corrected chi connectivity index (χ4v) is 2.85. The number of alkyl halides is 1. The number of fused-ring (bicyclic) bond motifs is 1. The van der Waals surface area contributed by atoms with Crippen LogP contribution in [0.4, 0.5) is 0 Å². The Labute approximate surface area is 147 Å². The summed E-state index contributed by atoms with van der Waals surface area (Å²) in [6.45, 7) is 3.55. The second-order valence-electron chi connectivity index (χ2n) is 5.43. The summed E-state index contributed by atoms with van der Waals surface area (Å²) in [5, 5.41) is 3.20. The second kappa shape index (κ2) is 9.66. The zero-order chi connectivity index (χ0) is 16.5. The molecule has 3 nitrogen and oxygen atoms in total. The molecule has 2 aromatic carbocycles. The standard InChI is InChI=1S/C19H25BrO3/c1-3-12-22-16-8-9-17-15(14-16)7-10-18(19(17)21-2)23-13-6-4-5-11-20/h7-10,14H,3-6,11-13H2,1-2H3. The summed E-state index contributed by atoms with van der Waals surface area (Å²) in [6.07, 6.45) is 4.40. The first kappa shape index (κ1) is 17.9. The number of unbranched alkanes of at least 4 members (excludes halogenated alkanes) is 2. The van der Waals surface area contributed by atoms with E-state index >= 15 is 0 Å². The highest BCUT2D eigenvalue weighted by atomic mass is 79.9. The molecule has 0 saturated carbocycles. The van der Waals surface area contributed by atoms with Gasteiger partial charge in [-0.2, -0.15) is 0 Å². The maximum Gasteiger partial charge on any atom is 0.168 e. The number of rotatable bonds is 10. The average molecular weight is 381 g/mol. The van der Waals surface area contributed by atoms with E-state index in [1.165, 1.54) is 12.8 Å². The molecule has 4 heteroatoms. The maximum atomic E-state index is 5.91. The number of halogens is 1. The fraction of sp³-hybridized carbons (Fsp3) is 0.474. The number of ether oxygens (including phenoxy) is 3. The smallest absolute Gasteiger partial charge is 0.168 e. The van der Waals surface area contributed by atoms with Crippen LogP contribution in [-0.2, 0) is 0 Å². The molecule has 0 N–H and O–H groups in total. The van der Waals surface area contributed by atoms with Crippen LogP contribution in [0.15, 0.2) is 30.3 Å². The lowest BCUT2D eigenvalue weighted by molar-refractivity contribution is 0.287. The topological polar surface area (TPSA) is 27.7 Å². The van der Waals surface area contributed by atoms with Crippen LogP contribution in [0.1, 0.15) is 32.6 Å². The molecule has 2 rings (SSSR count). The van der Waals surface area contributed by atoms with Gasteiger partial charge in [-0.3, -0.25) is 0 Å². The van der Waals surface area contributed by atoms with E-state index < -0.39 is 0 Å². The van der Waals surface area contributed by atoms with Crippen LogP contribution < -0.4 is 14.2 Å². The third-order valence-electron chi connectivity index (χ3n) is 3.62. The van der Waals surface area contributed by atoms with Gasteiger partial charge in [0.25, 0.3) is 0 Å². The third kappa shape index (κ3) is 5.03. The highest BCUT2D eigenvalue weighted by Crippen LogP contribution is 2.37. The largest absolute Gasteiger partial charge is 0.494 e. The Morgan fingerprint density at radius 3 is 2.57 bits per heavy atom. The summed E-state index contributed by atoms with van der Waals surface area (Å²) in [5.41, 5.74) is 0. The minimum atomic E-state index is 0.715. The van der Waals surface area contributed by atoms with E-state index in [4.69, 9.17) is 14.2 Å². The second-order valence-corrected chi connectivity index (χ2v) is 6.22. The van der Waals surface area contributed by atoms with E-state index in [9.17, 15) is 0 Å². The van der Waals surface area contributed by atoms with Crippen molar-refractivity contribution in [1.29, 1.82) is 0 Å². The molecule has 0 fully saturated rings. The Balaban J connectivity index is 2.13. The number of hydrogen-bond donors (Lipinski definition) is 0. The lowest BCUT2D eigenvalue weighted by atomic mass is 10.1. The van der Waals surface area contributed by atoms with Gasteiger partial charge in [0.15, 0.2) is 11.5 Å². The quantitative estimate of drug-likeness (QED) is 0.397. The highest BCUT2D eigenvalue weighted by molar-refractivity contribution is 9.09. The van der Waals surface area contributed by atoms with Gasteiger partial charge >= 0.3 is 0 Å². The van der Waals surface area contributed by atoms with Gasteiger partial charge in [-0.05, 0) is 55.3 Å². The molecule has 0 bridgehead atoms. The van der Waals surface area contributed by atoms with Crippen molar-refractivity contribution in [3.05, 3.63) is 30.3 Å². The normalized spacial score (nSPS) is 10.7. The van der Waals surface area contributed by atoms with E-state index in [1.54, 1.807) is 7.11 Å². The van der Waals surface area contributed by atoms with Crippen molar-refractivity contribution in [2.24, 2.45) is 0 Å². The molecule has 0 aliphatic carbocycles. The molecule has 0 aromatic heterocycles. The molecule has 126 valence electrons. The summed E-state index contributed by atoms with van der Waals surface area (Å²) in [5.74, 6) is 2.50. The van der Waals surface area contributed by atoms with Crippen molar-refractivity contribution in [3.8, 4) is 17.2 Å². The minimum absolute atomic E-state index is 0.715. The van der Waals surface area contributed by atoms with Crippen molar-refractivity contribution in [2.45, 2.75) is 32.6 Å². The maximum absolute atomic E-state index is 5.91. The number of benzene rings is 2. The van der Waals surface area contributed by atoms with Gasteiger partial charge < -0.3 is 14.2 Å². The number of hydrogen-bond acceptors (Lipinski definition) is 3. The van der Waals surface area contributed by atoms with Crippen molar-refractivity contribution in [2.75, 3.05) is 25.7 Å². The molecule has 0 heterocycles. The first-order valence-corrected chi connectivity index (χ1v) is 9.34. The van der Waals surface area contributed by atoms with Crippen LogP contribution >= 0.6 is 15.9 Å². The summed E-state index contributed by atoms with van der Waals surface area (Å²) in [4.78, 5) is 0. The van der Waals surface area contributed by atoms with Crippen LogP contribution in [0.2, 0.25) is 0 Å². The molecule has 0 amide bonds. The van der Waals surface area contributed by atoms with Gasteiger partial charge in [-0.15, -0.1) is 0 Å². The summed E-state index contributed by atoms with van der Waals surface area (Å²) >= 11 is 3.45. The van der Waals surface area contributed by atoms with E-state index in [1.807, 2.05) is 24.3 Å². The molecular formula is C19H25BrO3. The van der Waals surface area contributed by atoms with Gasteiger partial charge in [-0.25, -0.2) is 0 Å². The molecule has 0 aliphatic heterocycles. The Kier molecular flexibility index (Phi) is 7.53. The van der Waals surface area contributed by atoms with Crippen molar-refractivity contribution in [3.63, 3.8) is 0 Å². The summed E-state index contributed by atoms with van der Waals surface area (Å²) in [6, 6.07) is 10.1. The van der Waals surface area contributed by atoms with Crippen molar-refractivity contribution in [1.82, 2.24) is 0 Å². The van der Waals surface area contributed by atoms with Gasteiger partial charge in [0.05, 0.1) is 20.3 Å². The zero-order valence-electron chi connectivity index (χ0n) is 13.9. The average Bonchev–Trinajstić information content (AvgIpc) is 2.59. The molecule has 0 aliphatic rings. The van der Waals surface area contributed by atoms with E-state index in [0.717, 1.165) is 52.8 Å². The summed E-state index contributed by atoms with van der Waals surface area (Å²) in [7, 11) is 1.69. The van der Waals surface area contributed by atoms with Crippen molar-refractivity contribution >= 4 is 26.7 Å². The van der Waals surface area contributed by atoms with Gasteiger partial charge in [0.2, 0.25) is 0 Å². The number of methoxy groups -OCH3 is 1. The predicted octanol–water partition coefficient (Wildman–Crippen LogP) is 5.58. The lowest BCUT2D eigenvalue weighted by Gasteiger charge is -2.14. The summed E-state index contributed by atoms with van der Waals surface area (Å²) < 4.78 is 17.2. The molecule has 0 unspecified atom stereocenters. The molecule has 0 atom stereocenters. The highest BCUT2D eigenvalue weighted by Gasteiger charge is 2.10. The monoisotopic (exact) mass is 380 g/mol. The molecule has 0 saturated heterocycles. The van der Waals surface area contributed by atoms with Crippen molar-refractivity contribution < 1.29 is 14.2 Å². The van der Waals surface area contributed by atoms with Gasteiger partial charge in [0, 0.05) is 10.7 Å². The van der Waals surface area contributed by atoms with Crippen LogP contribution in [0.5, 0.6) is 17.2 Å². The Hall–Kier alpha value is -1.42. The van der Waals surface area contributed by atoms with Gasteiger partial charge in [-0.1, -0.05) is 28.9 Å². The predicted molar refractivity (Wildman–Crippen MR) is 99.4 cm³/mol. The molecule has 2 aromatic rings.